The highest BCUT2D eigenvalue weighted by Crippen LogP contribution is 2.43. The van der Waals surface area contributed by atoms with Crippen molar-refractivity contribution in [1.29, 1.82) is 0 Å². The molecule has 0 radical (unpaired) electrons. The van der Waals surface area contributed by atoms with Gasteiger partial charge in [0.05, 0.1) is 13.2 Å². The van der Waals surface area contributed by atoms with Crippen molar-refractivity contribution in [2.75, 3.05) is 40.5 Å². The summed E-state index contributed by atoms with van der Waals surface area (Å²) in [5.74, 6) is 3.68. The van der Waals surface area contributed by atoms with E-state index in [9.17, 15) is 19.0 Å². The maximum atomic E-state index is 12.7. The third kappa shape index (κ3) is 21.4. The zero-order valence-corrected chi connectivity index (χ0v) is 37.9. The van der Waals surface area contributed by atoms with Crippen LogP contribution in [0.15, 0.2) is 8.83 Å². The second kappa shape index (κ2) is 28.9. The fourth-order valence-electron chi connectivity index (χ4n) is 6.90. The van der Waals surface area contributed by atoms with Gasteiger partial charge in [-0.3, -0.25) is 18.6 Å². The zero-order chi connectivity index (χ0) is 42.1. The van der Waals surface area contributed by atoms with Crippen LogP contribution >= 0.6 is 7.82 Å². The Morgan fingerprint density at radius 1 is 0.596 bits per heavy atom. The van der Waals surface area contributed by atoms with Crippen LogP contribution in [0.25, 0.3) is 0 Å². The molecular weight excluding hydrogens is 745 g/mol. The molecule has 2 atom stereocenters. The van der Waals surface area contributed by atoms with Crippen molar-refractivity contribution in [3.05, 3.63) is 45.3 Å². The van der Waals surface area contributed by atoms with Crippen LogP contribution in [0.4, 0.5) is 0 Å². The average molecular weight is 824 g/mol. The predicted octanol–water partition coefficient (Wildman–Crippen LogP) is 11.2. The Labute approximate surface area is 344 Å². The molecule has 0 aliphatic carbocycles. The molecule has 0 aliphatic rings. The Kier molecular flexibility index (Phi) is 25.7. The Morgan fingerprint density at radius 3 is 1.44 bits per heavy atom. The third-order valence-electron chi connectivity index (χ3n) is 10.8. The molecule has 12 heteroatoms. The van der Waals surface area contributed by atoms with Crippen LogP contribution in [0.1, 0.15) is 175 Å². The summed E-state index contributed by atoms with van der Waals surface area (Å²) in [6, 6.07) is 0. The number of carbonyl (C=O) groups excluding carboxylic acids is 2. The number of esters is 2. The fourth-order valence-corrected chi connectivity index (χ4v) is 7.64. The van der Waals surface area contributed by atoms with E-state index in [1.807, 2.05) is 19.0 Å². The van der Waals surface area contributed by atoms with E-state index >= 15 is 0 Å². The number of ether oxygens (including phenoxy) is 2. The molecule has 0 aliphatic heterocycles. The number of hydrogen-bond donors (Lipinski definition) is 1. The van der Waals surface area contributed by atoms with Crippen molar-refractivity contribution in [2.24, 2.45) is 0 Å². The zero-order valence-electron chi connectivity index (χ0n) is 37.0. The normalized spacial score (nSPS) is 13.3. The van der Waals surface area contributed by atoms with Gasteiger partial charge in [0.2, 0.25) is 0 Å². The maximum absolute atomic E-state index is 12.7. The molecule has 1 unspecified atom stereocenters. The lowest BCUT2D eigenvalue weighted by atomic mass is 10.0. The summed E-state index contributed by atoms with van der Waals surface area (Å²) in [6.07, 6.45) is 19.9. The predicted molar refractivity (Wildman–Crippen MR) is 227 cm³/mol. The van der Waals surface area contributed by atoms with Gasteiger partial charge < -0.3 is 28.1 Å². The first kappa shape index (κ1) is 50.7. The number of furan rings is 2. The van der Waals surface area contributed by atoms with E-state index in [-0.39, 0.29) is 26.1 Å². The molecular formula is C45H78NO10P. The number of unbranched alkanes of at least 4 members (excludes halogenated alkanes) is 12. The van der Waals surface area contributed by atoms with Gasteiger partial charge in [0.1, 0.15) is 29.6 Å². The third-order valence-corrected chi connectivity index (χ3v) is 11.7. The first-order valence-corrected chi connectivity index (χ1v) is 23.5. The lowest BCUT2D eigenvalue weighted by Crippen LogP contribution is -2.29. The van der Waals surface area contributed by atoms with Crippen molar-refractivity contribution < 1.29 is 46.4 Å². The molecule has 328 valence electrons. The van der Waals surface area contributed by atoms with E-state index in [0.29, 0.717) is 19.4 Å². The molecule has 1 N–H and O–H groups in total. The highest BCUT2D eigenvalue weighted by Gasteiger charge is 2.26. The largest absolute Gasteiger partial charge is 0.472 e. The van der Waals surface area contributed by atoms with Gasteiger partial charge in [-0.15, -0.1) is 0 Å². The quantitative estimate of drug-likeness (QED) is 0.0410. The summed E-state index contributed by atoms with van der Waals surface area (Å²) in [7, 11) is -0.750. The van der Waals surface area contributed by atoms with Gasteiger partial charge in [0, 0.05) is 45.1 Å². The van der Waals surface area contributed by atoms with Crippen LogP contribution < -0.4 is 0 Å². The number of hydrogen-bond acceptors (Lipinski definition) is 10. The second-order valence-electron chi connectivity index (χ2n) is 16.0. The summed E-state index contributed by atoms with van der Waals surface area (Å²) in [4.78, 5) is 37.2. The van der Waals surface area contributed by atoms with E-state index in [2.05, 4.69) is 41.5 Å². The lowest BCUT2D eigenvalue weighted by Gasteiger charge is -2.20. The molecule has 0 amide bonds. The molecule has 0 bridgehead atoms. The molecule has 0 fully saturated rings. The number of nitrogens with zero attached hydrogens (tertiary/aromatic N) is 1. The van der Waals surface area contributed by atoms with E-state index < -0.39 is 32.5 Å². The number of aryl methyl sites for hydroxylation is 4. The minimum atomic E-state index is -4.39. The highest BCUT2D eigenvalue weighted by molar-refractivity contribution is 7.47. The van der Waals surface area contributed by atoms with E-state index in [1.165, 1.54) is 41.5 Å². The Hall–Kier alpha value is -2.43. The molecule has 11 nitrogen and oxygen atoms in total. The average Bonchev–Trinajstić information content (AvgIpc) is 3.59. The van der Waals surface area contributed by atoms with Gasteiger partial charge in [-0.25, -0.2) is 4.57 Å². The van der Waals surface area contributed by atoms with Gasteiger partial charge in [-0.1, -0.05) is 78.1 Å². The second-order valence-corrected chi connectivity index (χ2v) is 17.5. The van der Waals surface area contributed by atoms with Crippen molar-refractivity contribution >= 4 is 19.8 Å². The number of rotatable bonds is 34. The molecule has 0 spiro atoms. The Bertz CT molecular complexity index is 1460. The standard InChI is InChI=1S/C45H78NO10P/c1-9-25-40-35(3)37(5)42(55-40)27-21-17-13-11-12-14-19-23-29-44(47)51-33-39(34-53-57(49,50)52-32-31-46(7)8)54-45(48)30-24-20-16-15-18-22-28-43-38(6)36(4)41(56-43)26-10-2/h39H,9-34H2,1-8H3,(H,49,50)/t39-/m1/s1. The minimum Gasteiger partial charge on any atom is -0.466 e. The number of phosphoric acid groups is 1. The monoisotopic (exact) mass is 824 g/mol. The van der Waals surface area contributed by atoms with E-state index in [1.54, 1.807) is 0 Å². The van der Waals surface area contributed by atoms with Crippen molar-refractivity contribution in [3.63, 3.8) is 0 Å². The Morgan fingerprint density at radius 2 is 1.00 bits per heavy atom. The summed E-state index contributed by atoms with van der Waals surface area (Å²) in [5.41, 5.74) is 5.20. The summed E-state index contributed by atoms with van der Waals surface area (Å²) in [6.45, 7) is 12.7. The number of likely N-dealkylation sites (N-methyl/N-ethyl adjacent to an activating group) is 1. The summed E-state index contributed by atoms with van der Waals surface area (Å²) in [5, 5.41) is 0. The van der Waals surface area contributed by atoms with E-state index in [4.69, 9.17) is 27.4 Å². The van der Waals surface area contributed by atoms with Crippen LogP contribution in [-0.2, 0) is 58.4 Å². The molecule has 0 aromatic carbocycles. The molecule has 2 heterocycles. The van der Waals surface area contributed by atoms with Gasteiger partial charge in [0.25, 0.3) is 0 Å². The molecule has 2 rings (SSSR count). The van der Waals surface area contributed by atoms with Crippen LogP contribution in [0, 0.1) is 27.7 Å². The molecule has 2 aromatic heterocycles. The van der Waals surface area contributed by atoms with Gasteiger partial charge >= 0.3 is 19.8 Å². The molecule has 2 aromatic rings. The van der Waals surface area contributed by atoms with Crippen molar-refractivity contribution in [2.45, 2.75) is 189 Å². The first-order chi connectivity index (χ1) is 27.3. The van der Waals surface area contributed by atoms with E-state index in [0.717, 1.165) is 119 Å². The topological polar surface area (TPSA) is 138 Å². The molecule has 57 heavy (non-hydrogen) atoms. The fraction of sp³-hybridized carbons (Fsp3) is 0.778. The number of phosphoric ester groups is 1. The van der Waals surface area contributed by atoms with Crippen LogP contribution in [0.3, 0.4) is 0 Å². The Balaban J connectivity index is 1.65. The number of carbonyl (C=O) groups is 2. The van der Waals surface area contributed by atoms with Crippen LogP contribution in [0.2, 0.25) is 0 Å². The van der Waals surface area contributed by atoms with Crippen LogP contribution in [0.5, 0.6) is 0 Å². The molecule has 0 saturated heterocycles. The van der Waals surface area contributed by atoms with Crippen LogP contribution in [-0.4, -0.2) is 68.3 Å². The SMILES string of the molecule is CCCc1oc(CCCCCCCCCCC(=O)OC[C@H](COP(=O)(O)OCCN(C)C)OC(=O)CCCCCCCCc2oc(CCC)c(C)c2C)c(C)c1C. The van der Waals surface area contributed by atoms with Gasteiger partial charge in [-0.05, 0) is 103 Å². The summed E-state index contributed by atoms with van der Waals surface area (Å²) < 4.78 is 45.8. The van der Waals surface area contributed by atoms with Crippen molar-refractivity contribution in [3.8, 4) is 0 Å². The minimum absolute atomic E-state index is 0.00655. The summed E-state index contributed by atoms with van der Waals surface area (Å²) >= 11 is 0. The first-order valence-electron chi connectivity index (χ1n) is 22.0. The smallest absolute Gasteiger partial charge is 0.466 e. The maximum Gasteiger partial charge on any atom is 0.472 e. The molecule has 0 saturated carbocycles. The van der Waals surface area contributed by atoms with Gasteiger partial charge in [-0.2, -0.15) is 0 Å². The van der Waals surface area contributed by atoms with Gasteiger partial charge in [0.15, 0.2) is 6.10 Å². The lowest BCUT2D eigenvalue weighted by molar-refractivity contribution is -0.161. The highest BCUT2D eigenvalue weighted by atomic mass is 31.2. The van der Waals surface area contributed by atoms with Crippen molar-refractivity contribution in [1.82, 2.24) is 4.90 Å².